The third-order valence-electron chi connectivity index (χ3n) is 4.16. The Kier molecular flexibility index (Phi) is 5.81. The molecule has 0 spiro atoms. The first-order valence-electron chi connectivity index (χ1n) is 8.94. The van der Waals surface area contributed by atoms with Crippen molar-refractivity contribution >= 4 is 22.8 Å². The van der Waals surface area contributed by atoms with E-state index in [4.69, 9.17) is 9.47 Å². The van der Waals surface area contributed by atoms with Crippen LogP contribution in [0.1, 0.15) is 25.5 Å². The molecule has 0 amide bonds. The van der Waals surface area contributed by atoms with Gasteiger partial charge in [0.25, 0.3) is 0 Å². The Morgan fingerprint density at radius 1 is 0.889 bits per heavy atom. The Hall–Kier alpha value is -3.21. The predicted molar refractivity (Wildman–Crippen MR) is 103 cm³/mol. The molecule has 0 aliphatic heterocycles. The third-order valence-corrected chi connectivity index (χ3v) is 4.16. The van der Waals surface area contributed by atoms with Gasteiger partial charge in [0, 0.05) is 10.9 Å². The number of esters is 2. The first-order valence-corrected chi connectivity index (χ1v) is 8.94. The smallest absolute Gasteiger partial charge is 0.326 e. The van der Waals surface area contributed by atoms with Crippen molar-refractivity contribution in [2.45, 2.75) is 19.8 Å². The molecule has 5 heteroatoms. The fourth-order valence-corrected chi connectivity index (χ4v) is 2.97. The van der Waals surface area contributed by atoms with Crippen LogP contribution in [0.3, 0.4) is 0 Å². The van der Waals surface area contributed by atoms with Crippen molar-refractivity contribution in [3.8, 4) is 11.1 Å². The lowest BCUT2D eigenvalue weighted by molar-refractivity contribution is -0.157. The lowest BCUT2D eigenvalue weighted by atomic mass is 9.93. The fourth-order valence-electron chi connectivity index (χ4n) is 2.97. The maximum absolute atomic E-state index is 12.6. The summed E-state index contributed by atoms with van der Waals surface area (Å²) in [5.41, 5.74) is 2.62. The van der Waals surface area contributed by atoms with E-state index in [2.05, 4.69) is 4.98 Å². The van der Waals surface area contributed by atoms with Crippen molar-refractivity contribution in [2.24, 2.45) is 0 Å². The van der Waals surface area contributed by atoms with E-state index in [1.165, 1.54) is 0 Å². The molecule has 0 aliphatic carbocycles. The number of hydrogen-bond donors (Lipinski definition) is 0. The zero-order chi connectivity index (χ0) is 19.2. The molecule has 1 aromatic heterocycles. The second-order valence-electron chi connectivity index (χ2n) is 5.92. The SMILES string of the molecule is CCOC(=O)C(C(=O)OCC)c1nc2ccccc2cc1-c1ccccc1. The van der Waals surface area contributed by atoms with Crippen molar-refractivity contribution in [3.63, 3.8) is 0 Å². The summed E-state index contributed by atoms with van der Waals surface area (Å²) >= 11 is 0. The van der Waals surface area contributed by atoms with Crippen LogP contribution in [0.15, 0.2) is 60.7 Å². The average Bonchev–Trinajstić information content (AvgIpc) is 2.69. The number of pyridine rings is 1. The highest BCUT2D eigenvalue weighted by molar-refractivity contribution is 6.03. The minimum atomic E-state index is -1.23. The number of rotatable bonds is 6. The number of carbonyl (C=O) groups is 2. The number of carbonyl (C=O) groups excluding carboxylic acids is 2. The maximum atomic E-state index is 12.6. The molecule has 0 saturated carbocycles. The topological polar surface area (TPSA) is 65.5 Å². The second-order valence-corrected chi connectivity index (χ2v) is 5.92. The molecule has 0 radical (unpaired) electrons. The van der Waals surface area contributed by atoms with Crippen LogP contribution in [0.2, 0.25) is 0 Å². The van der Waals surface area contributed by atoms with E-state index in [0.29, 0.717) is 16.8 Å². The summed E-state index contributed by atoms with van der Waals surface area (Å²) in [5, 5.41) is 0.923. The number of nitrogens with zero attached hydrogens (tertiary/aromatic N) is 1. The molecule has 1 heterocycles. The van der Waals surface area contributed by atoms with Gasteiger partial charge in [0.1, 0.15) is 0 Å². The van der Waals surface area contributed by atoms with Gasteiger partial charge in [0.15, 0.2) is 5.92 Å². The van der Waals surface area contributed by atoms with E-state index in [1.807, 2.05) is 60.7 Å². The summed E-state index contributed by atoms with van der Waals surface area (Å²) in [6.45, 7) is 3.74. The highest BCUT2D eigenvalue weighted by atomic mass is 16.6. The van der Waals surface area contributed by atoms with E-state index in [-0.39, 0.29) is 13.2 Å². The van der Waals surface area contributed by atoms with Crippen molar-refractivity contribution in [3.05, 3.63) is 66.4 Å². The maximum Gasteiger partial charge on any atom is 0.326 e. The van der Waals surface area contributed by atoms with Gasteiger partial charge in [-0.15, -0.1) is 0 Å². The van der Waals surface area contributed by atoms with Gasteiger partial charge >= 0.3 is 11.9 Å². The monoisotopic (exact) mass is 363 g/mol. The molecule has 0 N–H and O–H groups in total. The molecule has 0 aliphatic rings. The van der Waals surface area contributed by atoms with Crippen LogP contribution in [-0.2, 0) is 19.1 Å². The zero-order valence-electron chi connectivity index (χ0n) is 15.3. The molecule has 3 aromatic rings. The Bertz CT molecular complexity index is 935. The predicted octanol–water partition coefficient (Wildman–Crippen LogP) is 4.11. The molecule has 138 valence electrons. The quantitative estimate of drug-likeness (QED) is 0.487. The normalized spacial score (nSPS) is 10.8. The van der Waals surface area contributed by atoms with E-state index in [0.717, 1.165) is 10.9 Å². The Morgan fingerprint density at radius 2 is 1.48 bits per heavy atom. The number of aromatic nitrogens is 1. The standard InChI is InChI=1S/C22H21NO4/c1-3-26-21(24)19(22(25)27-4-2)20-17(15-10-6-5-7-11-15)14-16-12-8-9-13-18(16)23-20/h5-14,19H,3-4H2,1-2H3. The number of ether oxygens (including phenoxy) is 2. The van der Waals surface area contributed by atoms with E-state index >= 15 is 0 Å². The van der Waals surface area contributed by atoms with Crippen LogP contribution in [0.5, 0.6) is 0 Å². The molecular weight excluding hydrogens is 342 g/mol. The van der Waals surface area contributed by atoms with Crippen LogP contribution in [-0.4, -0.2) is 30.1 Å². The van der Waals surface area contributed by atoms with Crippen LogP contribution >= 0.6 is 0 Å². The fraction of sp³-hybridized carbons (Fsp3) is 0.227. The Labute approximate surface area is 157 Å². The molecule has 0 unspecified atom stereocenters. The molecule has 5 nitrogen and oxygen atoms in total. The lowest BCUT2D eigenvalue weighted by Gasteiger charge is -2.18. The van der Waals surface area contributed by atoms with Crippen LogP contribution in [0.4, 0.5) is 0 Å². The van der Waals surface area contributed by atoms with Crippen molar-refractivity contribution in [1.82, 2.24) is 4.98 Å². The van der Waals surface area contributed by atoms with Crippen LogP contribution in [0, 0.1) is 0 Å². The van der Waals surface area contributed by atoms with Gasteiger partial charge in [-0.05, 0) is 31.5 Å². The minimum Gasteiger partial charge on any atom is -0.465 e. The van der Waals surface area contributed by atoms with E-state index < -0.39 is 17.9 Å². The number of hydrogen-bond acceptors (Lipinski definition) is 5. The highest BCUT2D eigenvalue weighted by Crippen LogP contribution is 2.32. The molecule has 0 bridgehead atoms. The van der Waals surface area contributed by atoms with Gasteiger partial charge in [0.2, 0.25) is 0 Å². The number of benzene rings is 2. The van der Waals surface area contributed by atoms with E-state index in [9.17, 15) is 9.59 Å². The Balaban J connectivity index is 2.24. The first kappa shape index (κ1) is 18.6. The van der Waals surface area contributed by atoms with Crippen molar-refractivity contribution < 1.29 is 19.1 Å². The van der Waals surface area contributed by atoms with Gasteiger partial charge in [-0.2, -0.15) is 0 Å². The third kappa shape index (κ3) is 3.97. The number of para-hydroxylation sites is 1. The highest BCUT2D eigenvalue weighted by Gasteiger charge is 2.35. The molecule has 27 heavy (non-hydrogen) atoms. The lowest BCUT2D eigenvalue weighted by Crippen LogP contribution is -2.27. The van der Waals surface area contributed by atoms with Gasteiger partial charge in [-0.3, -0.25) is 14.6 Å². The van der Waals surface area contributed by atoms with Gasteiger partial charge in [0.05, 0.1) is 24.4 Å². The van der Waals surface area contributed by atoms with Gasteiger partial charge < -0.3 is 9.47 Å². The first-order chi connectivity index (χ1) is 13.2. The largest absolute Gasteiger partial charge is 0.465 e. The van der Waals surface area contributed by atoms with Crippen LogP contribution < -0.4 is 0 Å². The van der Waals surface area contributed by atoms with Gasteiger partial charge in [-0.25, -0.2) is 0 Å². The van der Waals surface area contributed by atoms with Crippen molar-refractivity contribution in [1.29, 1.82) is 0 Å². The molecule has 3 rings (SSSR count). The van der Waals surface area contributed by atoms with Gasteiger partial charge in [-0.1, -0.05) is 48.5 Å². The number of fused-ring (bicyclic) bond motifs is 1. The average molecular weight is 363 g/mol. The molecule has 0 saturated heterocycles. The molecule has 0 fully saturated rings. The molecule has 0 atom stereocenters. The summed E-state index contributed by atoms with van der Waals surface area (Å²) in [5.74, 6) is -2.54. The second kappa shape index (κ2) is 8.45. The van der Waals surface area contributed by atoms with Crippen LogP contribution in [0.25, 0.3) is 22.0 Å². The summed E-state index contributed by atoms with van der Waals surface area (Å²) in [7, 11) is 0. The summed E-state index contributed by atoms with van der Waals surface area (Å²) < 4.78 is 10.3. The van der Waals surface area contributed by atoms with E-state index in [1.54, 1.807) is 13.8 Å². The zero-order valence-corrected chi connectivity index (χ0v) is 15.3. The Morgan fingerprint density at radius 3 is 2.11 bits per heavy atom. The summed E-state index contributed by atoms with van der Waals surface area (Å²) in [6, 6.07) is 19.1. The molecular formula is C22H21NO4. The summed E-state index contributed by atoms with van der Waals surface area (Å²) in [4.78, 5) is 29.9. The molecule has 2 aromatic carbocycles. The minimum absolute atomic E-state index is 0.170. The summed E-state index contributed by atoms with van der Waals surface area (Å²) in [6.07, 6.45) is 0. The van der Waals surface area contributed by atoms with Crippen molar-refractivity contribution in [2.75, 3.05) is 13.2 Å².